The summed E-state index contributed by atoms with van der Waals surface area (Å²) in [5.41, 5.74) is 7.46. The van der Waals surface area contributed by atoms with Gasteiger partial charge in [0, 0.05) is 45.4 Å². The van der Waals surface area contributed by atoms with Crippen molar-refractivity contribution in [1.82, 2.24) is 14.7 Å². The van der Waals surface area contributed by atoms with Crippen LogP contribution < -0.4 is 5.48 Å². The molecule has 8 nitrogen and oxygen atoms in total. The normalized spacial score (nSPS) is 17.0. The van der Waals surface area contributed by atoms with Crippen molar-refractivity contribution < 1.29 is 22.8 Å². The molecule has 1 N–H and O–H groups in total. The first-order valence-corrected chi connectivity index (χ1v) is 12.3. The van der Waals surface area contributed by atoms with Gasteiger partial charge in [0.2, 0.25) is 10.0 Å². The predicted molar refractivity (Wildman–Crippen MR) is 124 cm³/mol. The van der Waals surface area contributed by atoms with E-state index in [1.165, 1.54) is 22.5 Å². The van der Waals surface area contributed by atoms with Crippen LogP contribution in [0, 0.1) is 0 Å². The van der Waals surface area contributed by atoms with E-state index in [0.717, 1.165) is 30.8 Å². The average Bonchev–Trinajstić information content (AvgIpc) is 3.25. The van der Waals surface area contributed by atoms with Crippen LogP contribution in [0.1, 0.15) is 17.5 Å². The Morgan fingerprint density at radius 1 is 1.03 bits per heavy atom. The van der Waals surface area contributed by atoms with Crippen molar-refractivity contribution in [1.29, 1.82) is 0 Å². The molecule has 0 fully saturated rings. The number of fused-ring (bicyclic) bond motifs is 1. The van der Waals surface area contributed by atoms with Crippen LogP contribution in [0.25, 0.3) is 11.1 Å². The van der Waals surface area contributed by atoms with Gasteiger partial charge in [0.25, 0.3) is 5.91 Å². The van der Waals surface area contributed by atoms with Crippen LogP contribution in [-0.2, 0) is 37.5 Å². The van der Waals surface area contributed by atoms with Crippen molar-refractivity contribution >= 4 is 15.9 Å². The minimum Gasteiger partial charge on any atom is -0.383 e. The molecular formula is C24H29N3O5S. The standard InChI is InChI=1S/C24H29N3O5S/c1-31-14-13-26-16-21-4-3-20(15-22(21)17-26)18-5-7-23(8-6-18)33(29,30)27-11-9-19(10-12-27)24(28)25-32-2/h3-9,15H,10-14,16-17H2,1-2H3,(H,25,28). The second-order valence-corrected chi connectivity index (χ2v) is 10.1. The third-order valence-electron chi connectivity index (χ3n) is 6.09. The van der Waals surface area contributed by atoms with E-state index in [4.69, 9.17) is 4.74 Å². The molecule has 33 heavy (non-hydrogen) atoms. The summed E-state index contributed by atoms with van der Waals surface area (Å²) in [7, 11) is -0.563. The maximum Gasteiger partial charge on any atom is 0.270 e. The van der Waals surface area contributed by atoms with Crippen LogP contribution in [-0.4, -0.2) is 64.0 Å². The molecule has 2 heterocycles. The van der Waals surface area contributed by atoms with Crippen LogP contribution in [0.5, 0.6) is 0 Å². The zero-order valence-corrected chi connectivity index (χ0v) is 19.7. The highest BCUT2D eigenvalue weighted by Gasteiger charge is 2.28. The van der Waals surface area contributed by atoms with Gasteiger partial charge in [-0.25, -0.2) is 13.9 Å². The summed E-state index contributed by atoms with van der Waals surface area (Å²) in [4.78, 5) is 19.1. The van der Waals surface area contributed by atoms with Crippen molar-refractivity contribution in [2.45, 2.75) is 24.4 Å². The molecule has 0 unspecified atom stereocenters. The summed E-state index contributed by atoms with van der Waals surface area (Å²) < 4.78 is 32.7. The summed E-state index contributed by atoms with van der Waals surface area (Å²) in [5, 5.41) is 0. The molecule has 9 heteroatoms. The number of benzene rings is 2. The molecule has 2 aromatic rings. The molecule has 2 aliphatic heterocycles. The lowest BCUT2D eigenvalue weighted by molar-refractivity contribution is -0.127. The summed E-state index contributed by atoms with van der Waals surface area (Å²) in [5.74, 6) is -0.338. The first-order valence-electron chi connectivity index (χ1n) is 10.9. The first kappa shape index (κ1) is 23.6. The van der Waals surface area contributed by atoms with Crippen molar-refractivity contribution in [3.05, 3.63) is 65.2 Å². The van der Waals surface area contributed by atoms with Gasteiger partial charge in [0.1, 0.15) is 0 Å². The lowest BCUT2D eigenvalue weighted by Gasteiger charge is -2.25. The Hall–Kier alpha value is -2.56. The third-order valence-corrected chi connectivity index (χ3v) is 7.97. The second-order valence-electron chi connectivity index (χ2n) is 8.19. The number of methoxy groups -OCH3 is 1. The fourth-order valence-corrected chi connectivity index (χ4v) is 5.61. The van der Waals surface area contributed by atoms with Gasteiger partial charge < -0.3 is 4.74 Å². The molecule has 0 bridgehead atoms. The topological polar surface area (TPSA) is 88.2 Å². The molecule has 0 atom stereocenters. The molecule has 0 aliphatic carbocycles. The van der Waals surface area contributed by atoms with Gasteiger partial charge in [-0.15, -0.1) is 0 Å². The van der Waals surface area contributed by atoms with E-state index in [1.54, 1.807) is 25.3 Å². The monoisotopic (exact) mass is 471 g/mol. The predicted octanol–water partition coefficient (Wildman–Crippen LogP) is 2.31. The molecule has 176 valence electrons. The van der Waals surface area contributed by atoms with Gasteiger partial charge >= 0.3 is 0 Å². The first-order chi connectivity index (χ1) is 15.9. The Labute approximate surface area is 194 Å². The summed E-state index contributed by atoms with van der Waals surface area (Å²) in [6.07, 6.45) is 1.97. The van der Waals surface area contributed by atoms with Gasteiger partial charge in [-0.1, -0.05) is 30.3 Å². The minimum atomic E-state index is -3.64. The number of carbonyl (C=O) groups excluding carboxylic acids is 1. The molecule has 4 rings (SSSR count). The maximum absolute atomic E-state index is 13.1. The van der Waals surface area contributed by atoms with E-state index in [9.17, 15) is 13.2 Å². The van der Waals surface area contributed by atoms with E-state index in [2.05, 4.69) is 33.4 Å². The highest BCUT2D eigenvalue weighted by atomic mass is 32.2. The van der Waals surface area contributed by atoms with E-state index >= 15 is 0 Å². The number of hydroxylamine groups is 1. The van der Waals surface area contributed by atoms with Crippen LogP contribution in [0.15, 0.2) is 59.0 Å². The van der Waals surface area contributed by atoms with E-state index in [-0.39, 0.29) is 23.9 Å². The lowest BCUT2D eigenvalue weighted by atomic mass is 10.0. The number of carbonyl (C=O) groups is 1. The SMILES string of the molecule is COCCN1Cc2ccc(-c3ccc(S(=O)(=O)N4CC=C(C(=O)NOC)CC4)cc3)cc2C1. The van der Waals surface area contributed by atoms with E-state index in [0.29, 0.717) is 18.6 Å². The van der Waals surface area contributed by atoms with Crippen molar-refractivity contribution in [2.75, 3.05) is 40.5 Å². The Balaban J connectivity index is 1.45. The van der Waals surface area contributed by atoms with Crippen LogP contribution in [0.3, 0.4) is 0 Å². The fraction of sp³-hybridized carbons (Fsp3) is 0.375. The molecule has 0 spiro atoms. The third kappa shape index (κ3) is 5.18. The van der Waals surface area contributed by atoms with Gasteiger partial charge in [0.05, 0.1) is 18.6 Å². The summed E-state index contributed by atoms with van der Waals surface area (Å²) >= 11 is 0. The van der Waals surface area contributed by atoms with Gasteiger partial charge in [-0.2, -0.15) is 4.31 Å². The van der Waals surface area contributed by atoms with Crippen LogP contribution in [0.2, 0.25) is 0 Å². The Bertz CT molecular complexity index is 1150. The van der Waals surface area contributed by atoms with Crippen molar-refractivity contribution in [3.8, 4) is 11.1 Å². The molecule has 1 amide bonds. The molecule has 2 aromatic carbocycles. The second kappa shape index (κ2) is 10.1. The number of nitrogens with zero attached hydrogens (tertiary/aromatic N) is 2. The van der Waals surface area contributed by atoms with E-state index < -0.39 is 10.0 Å². The zero-order chi connectivity index (χ0) is 23.4. The van der Waals surface area contributed by atoms with Gasteiger partial charge in [-0.3, -0.25) is 14.5 Å². The number of rotatable bonds is 8. The maximum atomic E-state index is 13.1. The Kier molecular flexibility index (Phi) is 7.26. The average molecular weight is 472 g/mol. The fourth-order valence-electron chi connectivity index (χ4n) is 4.22. The molecular weight excluding hydrogens is 442 g/mol. The van der Waals surface area contributed by atoms with E-state index in [1.807, 2.05) is 12.1 Å². The van der Waals surface area contributed by atoms with Crippen LogP contribution in [0.4, 0.5) is 0 Å². The Morgan fingerprint density at radius 2 is 1.76 bits per heavy atom. The largest absolute Gasteiger partial charge is 0.383 e. The van der Waals surface area contributed by atoms with Gasteiger partial charge in [-0.05, 0) is 46.9 Å². The quantitative estimate of drug-likeness (QED) is 0.595. The number of nitrogens with one attached hydrogen (secondary N) is 1. The molecule has 0 saturated carbocycles. The highest BCUT2D eigenvalue weighted by molar-refractivity contribution is 7.89. The van der Waals surface area contributed by atoms with Crippen molar-refractivity contribution in [2.24, 2.45) is 0 Å². The number of hydrogen-bond donors (Lipinski definition) is 1. The smallest absolute Gasteiger partial charge is 0.270 e. The lowest BCUT2D eigenvalue weighted by Crippen LogP contribution is -2.37. The number of hydrogen-bond acceptors (Lipinski definition) is 6. The molecule has 0 aromatic heterocycles. The van der Waals surface area contributed by atoms with Gasteiger partial charge in [0.15, 0.2) is 0 Å². The molecule has 0 saturated heterocycles. The zero-order valence-electron chi connectivity index (χ0n) is 18.9. The van der Waals surface area contributed by atoms with Crippen LogP contribution >= 0.6 is 0 Å². The molecule has 2 aliphatic rings. The number of sulfonamides is 1. The molecule has 0 radical (unpaired) electrons. The number of ether oxygens (including phenoxy) is 1. The number of amides is 1. The van der Waals surface area contributed by atoms with Crippen molar-refractivity contribution in [3.63, 3.8) is 0 Å². The Morgan fingerprint density at radius 3 is 2.42 bits per heavy atom. The summed E-state index contributed by atoms with van der Waals surface area (Å²) in [6.45, 7) is 3.84. The minimum absolute atomic E-state index is 0.154. The summed E-state index contributed by atoms with van der Waals surface area (Å²) in [6, 6.07) is 13.4. The highest BCUT2D eigenvalue weighted by Crippen LogP contribution is 2.30.